The van der Waals surface area contributed by atoms with Gasteiger partial charge in [-0.3, -0.25) is 4.79 Å². The maximum Gasteiger partial charge on any atom is 0.326 e. The maximum atomic E-state index is 12.2. The molecule has 0 aromatic heterocycles. The first-order chi connectivity index (χ1) is 9.90. The van der Waals surface area contributed by atoms with Crippen molar-refractivity contribution in [3.05, 3.63) is 29.3 Å². The smallest absolute Gasteiger partial charge is 0.326 e. The molecular weight excluding hydrogens is 270 g/mol. The molecule has 0 spiro atoms. The van der Waals surface area contributed by atoms with E-state index in [2.05, 4.69) is 0 Å². The van der Waals surface area contributed by atoms with E-state index < -0.39 is 12.0 Å². The molecule has 1 aromatic rings. The fraction of sp³-hybridized carbons (Fsp3) is 0.500. The van der Waals surface area contributed by atoms with Crippen molar-refractivity contribution in [3.8, 4) is 5.75 Å². The summed E-state index contributed by atoms with van der Waals surface area (Å²) in [5.41, 5.74) is 2.01. The Hall–Kier alpha value is -2.04. The van der Waals surface area contributed by atoms with Gasteiger partial charge in [0.2, 0.25) is 0 Å². The molecule has 5 nitrogen and oxygen atoms in total. The molecule has 1 N–H and O–H groups in total. The molecule has 0 saturated carbocycles. The highest BCUT2D eigenvalue weighted by molar-refractivity contribution is 5.85. The molecule has 2 unspecified atom stereocenters. The highest BCUT2D eigenvalue weighted by Gasteiger charge is 2.39. The summed E-state index contributed by atoms with van der Waals surface area (Å²) in [5.74, 6) is -0.567. The Kier molecular flexibility index (Phi) is 4.50. The number of nitrogens with zero attached hydrogens (tertiary/aromatic N) is 1. The normalized spacial score (nSPS) is 21.4. The van der Waals surface area contributed by atoms with Crippen molar-refractivity contribution in [2.45, 2.75) is 33.2 Å². The highest BCUT2D eigenvalue weighted by Crippen LogP contribution is 2.25. The van der Waals surface area contributed by atoms with Gasteiger partial charge in [0.25, 0.3) is 5.91 Å². The topological polar surface area (TPSA) is 66.8 Å². The fourth-order valence-electron chi connectivity index (χ4n) is 2.69. The standard InChI is InChI=1S/C16H21NO4/c1-10-4-5-11(2)13(8-10)21-9-14(18)17-7-6-12(3)15(17)16(19)20/h4-5,8,12,15H,6-7,9H2,1-3H3,(H,19,20). The first kappa shape index (κ1) is 15.4. The summed E-state index contributed by atoms with van der Waals surface area (Å²) < 4.78 is 5.57. The minimum atomic E-state index is -0.944. The second-order valence-corrected chi connectivity index (χ2v) is 5.69. The van der Waals surface area contributed by atoms with Crippen LogP contribution in [0.15, 0.2) is 18.2 Å². The number of carbonyl (C=O) groups excluding carboxylic acids is 1. The molecule has 1 amide bonds. The molecule has 1 aliphatic heterocycles. The minimum Gasteiger partial charge on any atom is -0.483 e. The molecule has 1 saturated heterocycles. The van der Waals surface area contributed by atoms with Crippen molar-refractivity contribution in [1.82, 2.24) is 4.90 Å². The first-order valence-corrected chi connectivity index (χ1v) is 7.12. The highest BCUT2D eigenvalue weighted by atomic mass is 16.5. The number of aliphatic carboxylic acids is 1. The number of hydrogen-bond donors (Lipinski definition) is 1. The van der Waals surface area contributed by atoms with E-state index in [-0.39, 0.29) is 18.4 Å². The summed E-state index contributed by atoms with van der Waals surface area (Å²) in [6.45, 7) is 6.08. The average Bonchev–Trinajstić information content (AvgIpc) is 2.81. The molecule has 114 valence electrons. The molecular formula is C16H21NO4. The maximum absolute atomic E-state index is 12.2. The zero-order chi connectivity index (χ0) is 15.6. The lowest BCUT2D eigenvalue weighted by molar-refractivity contribution is -0.150. The van der Waals surface area contributed by atoms with Crippen molar-refractivity contribution in [2.24, 2.45) is 5.92 Å². The largest absolute Gasteiger partial charge is 0.483 e. The van der Waals surface area contributed by atoms with Crippen LogP contribution in [0.25, 0.3) is 0 Å². The Balaban J connectivity index is 2.02. The van der Waals surface area contributed by atoms with E-state index in [4.69, 9.17) is 4.74 Å². The van der Waals surface area contributed by atoms with Crippen molar-refractivity contribution in [1.29, 1.82) is 0 Å². The lowest BCUT2D eigenvalue weighted by Gasteiger charge is -2.23. The van der Waals surface area contributed by atoms with Crippen LogP contribution in [0.5, 0.6) is 5.75 Å². The predicted molar refractivity (Wildman–Crippen MR) is 78.3 cm³/mol. The third-order valence-electron chi connectivity index (χ3n) is 3.97. The van der Waals surface area contributed by atoms with Crippen LogP contribution in [0.1, 0.15) is 24.5 Å². The molecule has 5 heteroatoms. The average molecular weight is 291 g/mol. The second-order valence-electron chi connectivity index (χ2n) is 5.69. The summed E-state index contributed by atoms with van der Waals surface area (Å²) in [6.07, 6.45) is 0.714. The van der Waals surface area contributed by atoms with Gasteiger partial charge in [-0.25, -0.2) is 4.79 Å². The summed E-state index contributed by atoms with van der Waals surface area (Å²) >= 11 is 0. The Labute approximate surface area is 124 Å². The number of likely N-dealkylation sites (tertiary alicyclic amines) is 1. The predicted octanol–water partition coefficient (Wildman–Crippen LogP) is 2.00. The van der Waals surface area contributed by atoms with Crippen LogP contribution in [0.4, 0.5) is 0 Å². The summed E-state index contributed by atoms with van der Waals surface area (Å²) in [6, 6.07) is 5.06. The molecule has 0 radical (unpaired) electrons. The van der Waals surface area contributed by atoms with Crippen LogP contribution >= 0.6 is 0 Å². The van der Waals surface area contributed by atoms with Crippen LogP contribution in [-0.2, 0) is 9.59 Å². The fourth-order valence-corrected chi connectivity index (χ4v) is 2.69. The zero-order valence-corrected chi connectivity index (χ0v) is 12.6. The molecule has 0 bridgehead atoms. The number of amides is 1. The van der Waals surface area contributed by atoms with Crippen LogP contribution in [0, 0.1) is 19.8 Å². The quantitative estimate of drug-likeness (QED) is 0.921. The van der Waals surface area contributed by atoms with E-state index in [1.54, 1.807) is 0 Å². The van der Waals surface area contributed by atoms with Gasteiger partial charge in [0, 0.05) is 6.54 Å². The molecule has 0 aliphatic carbocycles. The number of carboxylic acids is 1. The van der Waals surface area contributed by atoms with E-state index >= 15 is 0 Å². The summed E-state index contributed by atoms with van der Waals surface area (Å²) in [4.78, 5) is 24.9. The SMILES string of the molecule is Cc1ccc(C)c(OCC(=O)N2CCC(C)C2C(=O)O)c1. The van der Waals surface area contributed by atoms with Gasteiger partial charge >= 0.3 is 5.97 Å². The van der Waals surface area contributed by atoms with Crippen molar-refractivity contribution >= 4 is 11.9 Å². The minimum absolute atomic E-state index is 0.0212. The number of hydrogen-bond acceptors (Lipinski definition) is 3. The third-order valence-corrected chi connectivity index (χ3v) is 3.97. The van der Waals surface area contributed by atoms with Gasteiger partial charge in [-0.15, -0.1) is 0 Å². The van der Waals surface area contributed by atoms with Crippen molar-refractivity contribution in [3.63, 3.8) is 0 Å². The molecule has 1 fully saturated rings. The van der Waals surface area contributed by atoms with Crippen LogP contribution in [0.2, 0.25) is 0 Å². The van der Waals surface area contributed by atoms with E-state index in [1.807, 2.05) is 39.0 Å². The molecule has 1 aliphatic rings. The van der Waals surface area contributed by atoms with E-state index in [0.717, 1.165) is 11.1 Å². The van der Waals surface area contributed by atoms with Crippen molar-refractivity contribution in [2.75, 3.05) is 13.2 Å². The Morgan fingerprint density at radius 2 is 2.10 bits per heavy atom. The second kappa shape index (κ2) is 6.16. The molecule has 21 heavy (non-hydrogen) atoms. The summed E-state index contributed by atoms with van der Waals surface area (Å²) in [5, 5.41) is 9.23. The molecule has 2 rings (SSSR count). The van der Waals surface area contributed by atoms with E-state index in [9.17, 15) is 14.7 Å². The monoisotopic (exact) mass is 291 g/mol. The van der Waals surface area contributed by atoms with E-state index in [0.29, 0.717) is 18.7 Å². The lowest BCUT2D eigenvalue weighted by atomic mass is 10.0. The number of rotatable bonds is 4. The zero-order valence-electron chi connectivity index (χ0n) is 12.6. The van der Waals surface area contributed by atoms with Crippen molar-refractivity contribution < 1.29 is 19.4 Å². The van der Waals surface area contributed by atoms with Gasteiger partial charge in [0.05, 0.1) is 0 Å². The molecule has 2 atom stereocenters. The third kappa shape index (κ3) is 3.35. The summed E-state index contributed by atoms with van der Waals surface area (Å²) in [7, 11) is 0. The van der Waals surface area contributed by atoms with Gasteiger partial charge in [-0.2, -0.15) is 0 Å². The van der Waals surface area contributed by atoms with Crippen LogP contribution < -0.4 is 4.74 Å². The van der Waals surface area contributed by atoms with E-state index in [1.165, 1.54) is 4.90 Å². The molecule has 1 aromatic carbocycles. The van der Waals surface area contributed by atoms with Gasteiger partial charge in [-0.1, -0.05) is 19.1 Å². The first-order valence-electron chi connectivity index (χ1n) is 7.12. The van der Waals surface area contributed by atoms with Gasteiger partial charge in [0.15, 0.2) is 6.61 Å². The van der Waals surface area contributed by atoms with Gasteiger partial charge in [0.1, 0.15) is 11.8 Å². The molecule has 1 heterocycles. The van der Waals surface area contributed by atoms with Crippen LogP contribution in [0.3, 0.4) is 0 Å². The number of aryl methyl sites for hydroxylation is 2. The number of benzene rings is 1. The Bertz CT molecular complexity index is 555. The van der Waals surface area contributed by atoms with Crippen LogP contribution in [-0.4, -0.2) is 41.1 Å². The Morgan fingerprint density at radius 3 is 2.76 bits per heavy atom. The van der Waals surface area contributed by atoms with Gasteiger partial charge in [-0.05, 0) is 43.4 Å². The number of carboxylic acid groups (broad SMARTS) is 1. The lowest BCUT2D eigenvalue weighted by Crippen LogP contribution is -2.44. The Morgan fingerprint density at radius 1 is 1.38 bits per heavy atom. The van der Waals surface area contributed by atoms with Gasteiger partial charge < -0.3 is 14.7 Å². The number of carbonyl (C=O) groups is 2. The number of ether oxygens (including phenoxy) is 1.